The highest BCUT2D eigenvalue weighted by atomic mass is 35.5. The largest absolute Gasteiger partial charge is 0.425 e. The number of hydrogen-bond acceptors (Lipinski definition) is 5. The predicted octanol–water partition coefficient (Wildman–Crippen LogP) is 5.43. The molecule has 41 heavy (non-hydrogen) atoms. The highest BCUT2D eigenvalue weighted by Crippen LogP contribution is 2.39. The molecule has 0 aliphatic carbocycles. The van der Waals surface area contributed by atoms with Gasteiger partial charge in [-0.25, -0.2) is 8.78 Å². The third-order valence-electron chi connectivity index (χ3n) is 6.77. The number of nitrogens with two attached hydrogens (primary N) is 1. The zero-order valence-corrected chi connectivity index (χ0v) is 22.5. The van der Waals surface area contributed by atoms with Crippen LogP contribution in [0.4, 0.5) is 22.0 Å². The number of Topliss-reactive ketones (excluding diaryl/α,β-unsaturated/α-hetero) is 1. The van der Waals surface area contributed by atoms with E-state index in [-0.39, 0.29) is 39.1 Å². The lowest BCUT2D eigenvalue weighted by molar-refractivity contribution is -0.138. The molecule has 0 saturated carbocycles. The van der Waals surface area contributed by atoms with Crippen LogP contribution < -0.4 is 5.73 Å². The molecule has 2 aromatic heterocycles. The molecule has 7 nitrogen and oxygen atoms in total. The molecule has 0 bridgehead atoms. The normalized spacial score (nSPS) is 17.4. The second-order valence-electron chi connectivity index (χ2n) is 9.49. The standard InChI is InChI=1S/C27H20ClF5N4O3S/c28-17-7-2-1-5-15(17)16-6-3-4-13(23(16)30)8-20(38)18-9-14(29)11-36(18)22(39)12-37-19-10-21(27(31,32)33)41-25(19)24(35-37)26(34)40/h1-7,10,14,18H,8-9,11-12H2,(H2,34,40)/t14-,18+/m1/s1. The number of nitrogens with zero attached hydrogens (tertiary/aromatic N) is 3. The van der Waals surface area contributed by atoms with Crippen molar-refractivity contribution in [2.24, 2.45) is 5.73 Å². The van der Waals surface area contributed by atoms with Gasteiger partial charge in [0.25, 0.3) is 5.91 Å². The van der Waals surface area contributed by atoms with Crippen LogP contribution in [0, 0.1) is 5.82 Å². The van der Waals surface area contributed by atoms with Crippen molar-refractivity contribution in [2.45, 2.75) is 37.8 Å². The van der Waals surface area contributed by atoms with Crippen LogP contribution in [0.15, 0.2) is 48.5 Å². The van der Waals surface area contributed by atoms with Gasteiger partial charge in [-0.1, -0.05) is 48.0 Å². The topological polar surface area (TPSA) is 98.3 Å². The summed E-state index contributed by atoms with van der Waals surface area (Å²) in [4.78, 5) is 38.2. The lowest BCUT2D eigenvalue weighted by atomic mass is 9.97. The maximum atomic E-state index is 15.4. The van der Waals surface area contributed by atoms with E-state index in [1.54, 1.807) is 30.3 Å². The van der Waals surface area contributed by atoms with Crippen molar-refractivity contribution in [1.29, 1.82) is 0 Å². The molecule has 3 heterocycles. The lowest BCUT2D eigenvalue weighted by Gasteiger charge is -2.23. The zero-order valence-electron chi connectivity index (χ0n) is 20.9. The maximum Gasteiger partial charge on any atom is 0.425 e. The van der Waals surface area contributed by atoms with Gasteiger partial charge >= 0.3 is 6.18 Å². The predicted molar refractivity (Wildman–Crippen MR) is 142 cm³/mol. The second kappa shape index (κ2) is 10.9. The fraction of sp³-hybridized carbons (Fsp3) is 0.259. The first-order valence-electron chi connectivity index (χ1n) is 12.2. The van der Waals surface area contributed by atoms with Crippen LogP contribution in [0.5, 0.6) is 0 Å². The molecule has 14 heteroatoms. The van der Waals surface area contributed by atoms with Crippen LogP contribution in [0.1, 0.15) is 27.3 Å². The van der Waals surface area contributed by atoms with E-state index in [1.165, 1.54) is 12.1 Å². The summed E-state index contributed by atoms with van der Waals surface area (Å²) in [6.07, 6.45) is -7.03. The first-order chi connectivity index (χ1) is 19.3. The second-order valence-corrected chi connectivity index (χ2v) is 10.9. The van der Waals surface area contributed by atoms with E-state index in [9.17, 15) is 31.9 Å². The van der Waals surface area contributed by atoms with Crippen LogP contribution in [0.25, 0.3) is 21.3 Å². The molecule has 5 rings (SSSR count). The average molecular weight is 611 g/mol. The van der Waals surface area contributed by atoms with Gasteiger partial charge in [-0.2, -0.15) is 18.3 Å². The van der Waals surface area contributed by atoms with E-state index in [0.717, 1.165) is 15.6 Å². The molecule has 214 valence electrons. The quantitative estimate of drug-likeness (QED) is 0.282. The molecule has 2 N–H and O–H groups in total. The lowest BCUT2D eigenvalue weighted by Crippen LogP contribution is -2.43. The highest BCUT2D eigenvalue weighted by molar-refractivity contribution is 7.19. The average Bonchev–Trinajstić information content (AvgIpc) is 3.60. The Morgan fingerprint density at radius 2 is 1.80 bits per heavy atom. The van der Waals surface area contributed by atoms with E-state index in [0.29, 0.717) is 10.6 Å². The number of thiophene rings is 1. The fourth-order valence-electron chi connectivity index (χ4n) is 4.88. The minimum Gasteiger partial charge on any atom is -0.364 e. The van der Waals surface area contributed by atoms with Crippen molar-refractivity contribution in [3.05, 3.63) is 75.5 Å². The molecule has 0 radical (unpaired) electrons. The number of likely N-dealkylation sites (tertiary alicyclic amines) is 1. The SMILES string of the molecule is NC(=O)c1nn(CC(=O)N2C[C@H](F)C[C@H]2C(=O)Cc2cccc(-c3ccccc3Cl)c2F)c2cc(C(F)(F)F)sc12. The number of hydrogen-bond donors (Lipinski definition) is 1. The first-order valence-corrected chi connectivity index (χ1v) is 13.4. The van der Waals surface area contributed by atoms with Gasteiger partial charge in [0.2, 0.25) is 5.91 Å². The Bertz CT molecular complexity index is 1690. The zero-order chi connectivity index (χ0) is 29.6. The number of primary amides is 1. The third kappa shape index (κ3) is 5.55. The van der Waals surface area contributed by atoms with E-state index in [4.69, 9.17) is 17.3 Å². The van der Waals surface area contributed by atoms with Gasteiger partial charge in [0.05, 0.1) is 22.8 Å². The summed E-state index contributed by atoms with van der Waals surface area (Å²) in [7, 11) is 0. The van der Waals surface area contributed by atoms with Crippen molar-refractivity contribution in [2.75, 3.05) is 6.54 Å². The minimum atomic E-state index is -4.71. The highest BCUT2D eigenvalue weighted by Gasteiger charge is 2.40. The van der Waals surface area contributed by atoms with Gasteiger partial charge in [0.15, 0.2) is 11.5 Å². The summed E-state index contributed by atoms with van der Waals surface area (Å²) in [6.45, 7) is -1.12. The molecule has 1 fully saturated rings. The molecule has 2 atom stereocenters. The van der Waals surface area contributed by atoms with E-state index < -0.39 is 71.9 Å². The molecule has 1 aliphatic rings. The molecule has 4 aromatic rings. The van der Waals surface area contributed by atoms with Crippen molar-refractivity contribution in [3.8, 4) is 11.1 Å². The minimum absolute atomic E-state index is 0.0277. The Balaban J connectivity index is 1.39. The molecule has 2 aromatic carbocycles. The van der Waals surface area contributed by atoms with Crippen LogP contribution in [-0.2, 0) is 28.7 Å². The fourth-order valence-corrected chi connectivity index (χ4v) is 6.13. The van der Waals surface area contributed by atoms with E-state index >= 15 is 4.39 Å². The summed E-state index contributed by atoms with van der Waals surface area (Å²) in [6, 6.07) is 10.6. The molecule has 1 saturated heterocycles. The number of amides is 2. The van der Waals surface area contributed by atoms with Crippen molar-refractivity contribution in [3.63, 3.8) is 0 Å². The molecule has 0 spiro atoms. The van der Waals surface area contributed by atoms with Crippen molar-refractivity contribution < 1.29 is 36.3 Å². The maximum absolute atomic E-state index is 15.4. The summed E-state index contributed by atoms with van der Waals surface area (Å²) in [5.74, 6) is -3.20. The molecular weight excluding hydrogens is 591 g/mol. The number of aromatic nitrogens is 2. The summed E-state index contributed by atoms with van der Waals surface area (Å²) >= 11 is 6.46. The Kier molecular flexibility index (Phi) is 7.60. The van der Waals surface area contributed by atoms with E-state index in [2.05, 4.69) is 5.10 Å². The van der Waals surface area contributed by atoms with Gasteiger partial charge < -0.3 is 10.6 Å². The summed E-state index contributed by atoms with van der Waals surface area (Å²) in [5.41, 5.74) is 5.29. The van der Waals surface area contributed by atoms with Crippen molar-refractivity contribution in [1.82, 2.24) is 14.7 Å². The van der Waals surface area contributed by atoms with Crippen LogP contribution in [-0.4, -0.2) is 51.0 Å². The monoisotopic (exact) mass is 610 g/mol. The number of halogens is 6. The van der Waals surface area contributed by atoms with Gasteiger partial charge in [0, 0.05) is 29.0 Å². The summed E-state index contributed by atoms with van der Waals surface area (Å²) < 4.78 is 70.5. The molecule has 2 amide bonds. The first kappa shape index (κ1) is 28.7. The van der Waals surface area contributed by atoms with Crippen LogP contribution in [0.2, 0.25) is 5.02 Å². The Morgan fingerprint density at radius 1 is 1.10 bits per heavy atom. The van der Waals surface area contributed by atoms with Gasteiger partial charge in [-0.05, 0) is 17.7 Å². The Morgan fingerprint density at radius 3 is 2.49 bits per heavy atom. The van der Waals surface area contributed by atoms with Crippen LogP contribution in [0.3, 0.4) is 0 Å². The number of alkyl halides is 4. The smallest absolute Gasteiger partial charge is 0.364 e. The molecule has 1 aliphatic heterocycles. The third-order valence-corrected chi connectivity index (χ3v) is 8.28. The molecular formula is C27H20ClF5N4O3S. The van der Waals surface area contributed by atoms with Crippen LogP contribution >= 0.6 is 22.9 Å². The number of carbonyl (C=O) groups is 3. The number of rotatable bonds is 7. The number of carbonyl (C=O) groups excluding carboxylic acids is 3. The van der Waals surface area contributed by atoms with Gasteiger partial charge in [-0.15, -0.1) is 11.3 Å². The number of fused-ring (bicyclic) bond motifs is 1. The van der Waals surface area contributed by atoms with Gasteiger partial charge in [0.1, 0.15) is 23.4 Å². The molecule has 0 unspecified atom stereocenters. The van der Waals surface area contributed by atoms with E-state index in [1.807, 2.05) is 0 Å². The Hall–Kier alpha value is -3.84. The Labute approximate surface area is 238 Å². The van der Waals surface area contributed by atoms with Crippen molar-refractivity contribution >= 4 is 50.8 Å². The van der Waals surface area contributed by atoms with Gasteiger partial charge in [-0.3, -0.25) is 19.1 Å². The number of benzene rings is 2. The number of ketones is 1. The summed E-state index contributed by atoms with van der Waals surface area (Å²) in [5, 5.41) is 4.20.